The SMILES string of the molecule is CC(=O)c1cccnc1CSc1nc(N)cc(Cl)n1. The maximum Gasteiger partial charge on any atom is 0.191 e. The first kappa shape index (κ1) is 13.8. The van der Waals surface area contributed by atoms with Gasteiger partial charge in [-0.25, -0.2) is 9.97 Å². The summed E-state index contributed by atoms with van der Waals surface area (Å²) in [6.07, 6.45) is 1.65. The smallest absolute Gasteiger partial charge is 0.191 e. The molecule has 5 nitrogen and oxygen atoms in total. The average Bonchev–Trinajstić information content (AvgIpc) is 2.35. The fourth-order valence-corrected chi connectivity index (χ4v) is 2.56. The van der Waals surface area contributed by atoms with Crippen molar-refractivity contribution < 1.29 is 4.79 Å². The van der Waals surface area contributed by atoms with Crippen LogP contribution in [0.25, 0.3) is 0 Å². The number of hydrogen-bond acceptors (Lipinski definition) is 6. The Balaban J connectivity index is 2.16. The second-order valence-electron chi connectivity index (χ2n) is 3.74. The maximum absolute atomic E-state index is 11.5. The summed E-state index contributed by atoms with van der Waals surface area (Å²) in [5.74, 6) is 0.778. The highest BCUT2D eigenvalue weighted by Gasteiger charge is 2.09. The number of carbonyl (C=O) groups is 1. The van der Waals surface area contributed by atoms with E-state index in [-0.39, 0.29) is 5.78 Å². The Labute approximate surface area is 119 Å². The minimum absolute atomic E-state index is 0.0183. The fourth-order valence-electron chi connectivity index (χ4n) is 1.48. The molecule has 0 spiro atoms. The van der Waals surface area contributed by atoms with E-state index in [0.717, 1.165) is 0 Å². The number of carbonyl (C=O) groups excluding carboxylic acids is 1. The molecule has 2 N–H and O–H groups in total. The van der Waals surface area contributed by atoms with Gasteiger partial charge in [0.2, 0.25) is 0 Å². The Hall–Kier alpha value is -1.66. The van der Waals surface area contributed by atoms with E-state index >= 15 is 0 Å². The lowest BCUT2D eigenvalue weighted by atomic mass is 10.1. The topological polar surface area (TPSA) is 81.8 Å². The first-order valence-corrected chi connectivity index (χ1v) is 6.80. The summed E-state index contributed by atoms with van der Waals surface area (Å²) in [7, 11) is 0. The van der Waals surface area contributed by atoms with Crippen molar-refractivity contribution in [3.8, 4) is 0 Å². The molecule has 0 aromatic carbocycles. The minimum Gasteiger partial charge on any atom is -0.384 e. The van der Waals surface area contributed by atoms with E-state index in [2.05, 4.69) is 15.0 Å². The highest BCUT2D eigenvalue weighted by atomic mass is 35.5. The first-order chi connectivity index (χ1) is 9.06. The summed E-state index contributed by atoms with van der Waals surface area (Å²) < 4.78 is 0. The van der Waals surface area contributed by atoms with Crippen molar-refractivity contribution in [2.75, 3.05) is 5.73 Å². The van der Waals surface area contributed by atoms with E-state index in [1.807, 2.05) is 0 Å². The summed E-state index contributed by atoms with van der Waals surface area (Å²) >= 11 is 7.13. The van der Waals surface area contributed by atoms with Gasteiger partial charge in [-0.3, -0.25) is 9.78 Å². The van der Waals surface area contributed by atoms with E-state index in [4.69, 9.17) is 17.3 Å². The van der Waals surface area contributed by atoms with Crippen molar-refractivity contribution in [2.45, 2.75) is 17.8 Å². The quantitative estimate of drug-likeness (QED) is 0.404. The Kier molecular flexibility index (Phi) is 4.34. The van der Waals surface area contributed by atoms with Gasteiger partial charge in [0.15, 0.2) is 10.9 Å². The van der Waals surface area contributed by atoms with Gasteiger partial charge in [0, 0.05) is 23.6 Å². The van der Waals surface area contributed by atoms with Crippen LogP contribution < -0.4 is 5.73 Å². The molecule has 0 saturated heterocycles. The molecule has 0 aliphatic rings. The molecule has 0 aliphatic carbocycles. The Morgan fingerprint density at radius 2 is 2.26 bits per heavy atom. The van der Waals surface area contributed by atoms with Gasteiger partial charge in [0.1, 0.15) is 11.0 Å². The summed E-state index contributed by atoms with van der Waals surface area (Å²) in [4.78, 5) is 23.8. The third kappa shape index (κ3) is 3.65. The second kappa shape index (κ2) is 5.99. The van der Waals surface area contributed by atoms with Crippen LogP contribution in [0.3, 0.4) is 0 Å². The summed E-state index contributed by atoms with van der Waals surface area (Å²) in [5.41, 5.74) is 6.89. The zero-order valence-corrected chi connectivity index (χ0v) is 11.7. The largest absolute Gasteiger partial charge is 0.384 e. The van der Waals surface area contributed by atoms with Crippen LogP contribution in [0.15, 0.2) is 29.6 Å². The van der Waals surface area contributed by atoms with Crippen molar-refractivity contribution in [1.82, 2.24) is 15.0 Å². The number of Topliss-reactive ketones (excluding diaryl/α,β-unsaturated/α-hetero) is 1. The number of aromatic nitrogens is 3. The molecule has 0 atom stereocenters. The number of nitrogens with two attached hydrogens (primary N) is 1. The third-order valence-corrected chi connectivity index (χ3v) is 3.35. The monoisotopic (exact) mass is 294 g/mol. The van der Waals surface area contributed by atoms with Crippen LogP contribution in [0.2, 0.25) is 5.15 Å². The Morgan fingerprint density at radius 3 is 2.95 bits per heavy atom. The molecule has 7 heteroatoms. The van der Waals surface area contributed by atoms with Gasteiger partial charge in [-0.1, -0.05) is 23.4 Å². The van der Waals surface area contributed by atoms with Gasteiger partial charge in [0.05, 0.1) is 5.69 Å². The molecule has 0 saturated carbocycles. The van der Waals surface area contributed by atoms with E-state index in [9.17, 15) is 4.79 Å². The van der Waals surface area contributed by atoms with Gasteiger partial charge >= 0.3 is 0 Å². The molecule has 2 heterocycles. The number of ketones is 1. The van der Waals surface area contributed by atoms with E-state index in [0.29, 0.717) is 33.1 Å². The Bertz CT molecular complexity index is 600. The maximum atomic E-state index is 11.5. The fraction of sp³-hybridized carbons (Fsp3) is 0.167. The molecule has 0 fully saturated rings. The normalized spacial score (nSPS) is 10.4. The molecule has 19 heavy (non-hydrogen) atoms. The van der Waals surface area contributed by atoms with Crippen LogP contribution in [-0.2, 0) is 5.75 Å². The molecule has 0 bridgehead atoms. The lowest BCUT2D eigenvalue weighted by Gasteiger charge is -2.05. The van der Waals surface area contributed by atoms with E-state index in [1.54, 1.807) is 18.3 Å². The van der Waals surface area contributed by atoms with Crippen molar-refractivity contribution in [2.24, 2.45) is 0 Å². The van der Waals surface area contributed by atoms with Crippen LogP contribution >= 0.6 is 23.4 Å². The van der Waals surface area contributed by atoms with Gasteiger partial charge in [-0.2, -0.15) is 0 Å². The minimum atomic E-state index is -0.0183. The van der Waals surface area contributed by atoms with Crippen molar-refractivity contribution in [1.29, 1.82) is 0 Å². The second-order valence-corrected chi connectivity index (χ2v) is 5.07. The van der Waals surface area contributed by atoms with Gasteiger partial charge in [-0.15, -0.1) is 0 Å². The van der Waals surface area contributed by atoms with E-state index < -0.39 is 0 Å². The first-order valence-electron chi connectivity index (χ1n) is 5.44. The molecule has 0 unspecified atom stereocenters. The molecule has 2 rings (SSSR count). The lowest BCUT2D eigenvalue weighted by Crippen LogP contribution is -2.01. The molecule has 0 aliphatic heterocycles. The van der Waals surface area contributed by atoms with Crippen molar-refractivity contribution in [3.63, 3.8) is 0 Å². The number of thioether (sulfide) groups is 1. The van der Waals surface area contributed by atoms with Crippen LogP contribution in [-0.4, -0.2) is 20.7 Å². The number of nitrogens with zero attached hydrogens (tertiary/aromatic N) is 3. The molecule has 0 amide bonds. The van der Waals surface area contributed by atoms with Crippen LogP contribution in [0.1, 0.15) is 23.0 Å². The zero-order valence-electron chi connectivity index (χ0n) is 10.1. The number of anilines is 1. The van der Waals surface area contributed by atoms with Gasteiger partial charge in [0.25, 0.3) is 0 Å². The number of halogens is 1. The van der Waals surface area contributed by atoms with Crippen LogP contribution in [0.5, 0.6) is 0 Å². The number of hydrogen-bond donors (Lipinski definition) is 1. The predicted molar refractivity (Wildman–Crippen MR) is 75.3 cm³/mol. The van der Waals surface area contributed by atoms with Crippen LogP contribution in [0.4, 0.5) is 5.82 Å². The lowest BCUT2D eigenvalue weighted by molar-refractivity contribution is 0.101. The van der Waals surface area contributed by atoms with Crippen molar-refractivity contribution >= 4 is 35.0 Å². The number of rotatable bonds is 4. The highest BCUT2D eigenvalue weighted by Crippen LogP contribution is 2.22. The molecule has 98 valence electrons. The number of pyridine rings is 1. The van der Waals surface area contributed by atoms with Gasteiger partial charge in [-0.05, 0) is 19.1 Å². The highest BCUT2D eigenvalue weighted by molar-refractivity contribution is 7.98. The van der Waals surface area contributed by atoms with E-state index in [1.165, 1.54) is 24.8 Å². The molecule has 2 aromatic rings. The van der Waals surface area contributed by atoms with Crippen LogP contribution in [0, 0.1) is 0 Å². The third-order valence-electron chi connectivity index (χ3n) is 2.30. The Morgan fingerprint density at radius 1 is 1.47 bits per heavy atom. The standard InChI is InChI=1S/C12H11ClN4OS/c1-7(18)8-3-2-4-15-9(8)6-19-12-16-10(13)5-11(14)17-12/h2-5H,6H2,1H3,(H2,14,16,17). The summed E-state index contributed by atoms with van der Waals surface area (Å²) in [6, 6.07) is 4.96. The molecular formula is C12H11ClN4OS. The van der Waals surface area contributed by atoms with Crippen molar-refractivity contribution in [3.05, 3.63) is 40.8 Å². The molecule has 2 aromatic heterocycles. The summed E-state index contributed by atoms with van der Waals surface area (Å²) in [5, 5.41) is 0.757. The molecular weight excluding hydrogens is 284 g/mol. The zero-order chi connectivity index (χ0) is 13.8. The number of nitrogen functional groups attached to an aromatic ring is 1. The average molecular weight is 295 g/mol. The van der Waals surface area contributed by atoms with Gasteiger partial charge < -0.3 is 5.73 Å². The molecule has 0 radical (unpaired) electrons. The predicted octanol–water partition coefficient (Wildman–Crippen LogP) is 2.60. The summed E-state index contributed by atoms with van der Waals surface area (Å²) in [6.45, 7) is 1.51.